The lowest BCUT2D eigenvalue weighted by Crippen LogP contribution is -2.75. The maximum atomic E-state index is 2.41. The number of hydrogen-bond donors (Lipinski definition) is 0. The molecule has 1 unspecified atom stereocenters. The zero-order chi connectivity index (χ0) is 21.6. The fourth-order valence-corrected chi connectivity index (χ4v) is 6.29. The number of rotatable bonds is 3. The largest absolute Gasteiger partial charge is 0.505 e. The number of aryl methyl sites for hydroxylation is 1. The molecule has 4 aromatic carbocycles. The minimum absolute atomic E-state index is 0.932. The summed E-state index contributed by atoms with van der Waals surface area (Å²) < 4.78 is 0.932. The van der Waals surface area contributed by atoms with Crippen LogP contribution < -0.4 is 10.9 Å². The van der Waals surface area contributed by atoms with Gasteiger partial charge in [0.05, 0.1) is 6.54 Å². The molecule has 2 heteroatoms. The van der Waals surface area contributed by atoms with E-state index in [1.165, 1.54) is 43.9 Å². The molecule has 1 heterocycles. The zero-order valence-electron chi connectivity index (χ0n) is 19.0. The van der Waals surface area contributed by atoms with Crippen molar-refractivity contribution in [2.45, 2.75) is 13.8 Å². The van der Waals surface area contributed by atoms with E-state index in [2.05, 4.69) is 125 Å². The molecule has 0 aliphatic carbocycles. The lowest BCUT2D eigenvalue weighted by atomic mass is 9.21. The molecule has 0 saturated carbocycles. The summed E-state index contributed by atoms with van der Waals surface area (Å²) in [6, 6.07) is 36.1. The van der Waals surface area contributed by atoms with Gasteiger partial charge >= 0.3 is 0 Å². The second-order valence-corrected chi connectivity index (χ2v) is 9.83. The van der Waals surface area contributed by atoms with Crippen LogP contribution in [0.3, 0.4) is 0 Å². The quantitative estimate of drug-likeness (QED) is 0.407. The zero-order valence-corrected chi connectivity index (χ0v) is 19.0. The van der Waals surface area contributed by atoms with Crippen molar-refractivity contribution in [2.24, 2.45) is 0 Å². The van der Waals surface area contributed by atoms with Gasteiger partial charge in [0.1, 0.15) is 0 Å². The van der Waals surface area contributed by atoms with Gasteiger partial charge in [0.15, 0.2) is 0 Å². The van der Waals surface area contributed by atoms with Gasteiger partial charge in [-0.3, -0.25) is 0 Å². The van der Waals surface area contributed by atoms with E-state index in [0.29, 0.717) is 0 Å². The highest BCUT2D eigenvalue weighted by Gasteiger charge is 2.52. The average Bonchev–Trinajstić information content (AvgIpc) is 2.99. The molecule has 4 aromatic rings. The van der Waals surface area contributed by atoms with E-state index in [0.717, 1.165) is 10.9 Å². The Hall–Kier alpha value is -3.10. The Kier molecular flexibility index (Phi) is 4.64. The van der Waals surface area contributed by atoms with E-state index in [9.17, 15) is 0 Å². The Morgan fingerprint density at radius 2 is 1.26 bits per heavy atom. The van der Waals surface area contributed by atoms with Crippen LogP contribution in [0, 0.1) is 6.92 Å². The smallest absolute Gasteiger partial charge is 0.291 e. The van der Waals surface area contributed by atoms with Crippen molar-refractivity contribution in [3.63, 3.8) is 0 Å². The summed E-state index contributed by atoms with van der Waals surface area (Å²) in [5.41, 5.74) is 8.48. The lowest BCUT2D eigenvalue weighted by Gasteiger charge is -2.54. The summed E-state index contributed by atoms with van der Waals surface area (Å²) in [5, 5.41) is 2.60. The van der Waals surface area contributed by atoms with Crippen molar-refractivity contribution in [1.82, 2.24) is 0 Å². The van der Waals surface area contributed by atoms with Gasteiger partial charge in [0, 0.05) is 14.1 Å². The molecule has 154 valence electrons. The van der Waals surface area contributed by atoms with Crippen molar-refractivity contribution in [3.05, 3.63) is 114 Å². The standard InChI is InChI=1S/C29H30BN/c1-22-14-18-28(19-15-22)30(27-12-6-5-7-13-27)29(23(2)21-31(30,3)4)26-17-16-24-10-8-9-11-25(24)20-26/h5-20H,21H2,1-4H3. The number of quaternary nitrogens is 1. The predicted octanol–water partition coefficient (Wildman–Crippen LogP) is 5.31. The SMILES string of the molecule is CC1=C(c2ccc3ccccc3c2)[B-](c2ccccc2)(c2ccc(C)cc2)[N+](C)(C)C1. The second-order valence-electron chi connectivity index (χ2n) is 9.83. The van der Waals surface area contributed by atoms with Crippen LogP contribution in [0.25, 0.3) is 16.2 Å². The molecule has 0 radical (unpaired) electrons. The van der Waals surface area contributed by atoms with Crippen LogP contribution in [0.15, 0.2) is 103 Å². The molecule has 0 bridgehead atoms. The van der Waals surface area contributed by atoms with Gasteiger partial charge in [-0.05, 0) is 24.6 Å². The van der Waals surface area contributed by atoms with Crippen molar-refractivity contribution < 1.29 is 4.39 Å². The predicted molar refractivity (Wildman–Crippen MR) is 136 cm³/mol. The number of likely N-dealkylation sites (N-methyl/N-ethyl adjacent to an activating group) is 1. The topological polar surface area (TPSA) is 0 Å². The minimum Gasteiger partial charge on any atom is -0.505 e. The Bertz CT molecular complexity index is 1290. The molecule has 0 aromatic heterocycles. The van der Waals surface area contributed by atoms with Gasteiger partial charge in [-0.15, -0.1) is 16.4 Å². The Morgan fingerprint density at radius 1 is 0.645 bits per heavy atom. The molecule has 0 amide bonds. The summed E-state index contributed by atoms with van der Waals surface area (Å²) in [6.45, 7) is 5.56. The van der Waals surface area contributed by atoms with Crippen LogP contribution in [0.2, 0.25) is 0 Å². The Morgan fingerprint density at radius 3 is 1.97 bits per heavy atom. The fraction of sp³-hybridized carbons (Fsp3) is 0.172. The van der Waals surface area contributed by atoms with Gasteiger partial charge < -0.3 is 4.39 Å². The van der Waals surface area contributed by atoms with Gasteiger partial charge in [0.2, 0.25) is 0 Å². The third-order valence-corrected chi connectivity index (χ3v) is 7.47. The van der Waals surface area contributed by atoms with Crippen LogP contribution in [-0.4, -0.2) is 31.3 Å². The Labute approximate surface area is 186 Å². The molecule has 1 aliphatic rings. The summed E-state index contributed by atoms with van der Waals surface area (Å²) in [7, 11) is 4.81. The van der Waals surface area contributed by atoms with Gasteiger partial charge in [0.25, 0.3) is 6.28 Å². The fourth-order valence-electron chi connectivity index (χ4n) is 6.29. The van der Waals surface area contributed by atoms with E-state index < -0.39 is 6.28 Å². The maximum Gasteiger partial charge on any atom is 0.291 e. The van der Waals surface area contributed by atoms with Crippen LogP contribution >= 0.6 is 0 Å². The monoisotopic (exact) mass is 403 g/mol. The maximum absolute atomic E-state index is 2.41. The first-order valence-electron chi connectivity index (χ1n) is 11.2. The van der Waals surface area contributed by atoms with Crippen molar-refractivity contribution in [1.29, 1.82) is 0 Å². The Balaban J connectivity index is 1.86. The van der Waals surface area contributed by atoms with E-state index in [4.69, 9.17) is 0 Å². The van der Waals surface area contributed by atoms with Crippen molar-refractivity contribution in [3.8, 4) is 0 Å². The number of hydrogen-bond acceptors (Lipinski definition) is 0. The van der Waals surface area contributed by atoms with Gasteiger partial charge in [-0.1, -0.05) is 114 Å². The van der Waals surface area contributed by atoms with Gasteiger partial charge in [-0.25, -0.2) is 0 Å². The first-order valence-corrected chi connectivity index (χ1v) is 11.2. The van der Waals surface area contributed by atoms with E-state index in [-0.39, 0.29) is 0 Å². The summed E-state index contributed by atoms with van der Waals surface area (Å²) in [4.78, 5) is 0. The number of fused-ring (bicyclic) bond motifs is 1. The average molecular weight is 403 g/mol. The lowest BCUT2D eigenvalue weighted by molar-refractivity contribution is -0.777. The summed E-state index contributed by atoms with van der Waals surface area (Å²) in [5.74, 6) is 0. The van der Waals surface area contributed by atoms with Crippen molar-refractivity contribution in [2.75, 3.05) is 20.6 Å². The highest BCUT2D eigenvalue weighted by atomic mass is 15.3. The molecule has 5 rings (SSSR count). The molecule has 1 atom stereocenters. The normalized spacial score (nSPS) is 20.4. The van der Waals surface area contributed by atoms with E-state index in [1.807, 2.05) is 0 Å². The molecule has 1 aliphatic heterocycles. The molecular formula is C29H30BN. The molecule has 0 fully saturated rings. The van der Waals surface area contributed by atoms with E-state index >= 15 is 0 Å². The first kappa shape index (κ1) is 19.8. The summed E-state index contributed by atoms with van der Waals surface area (Å²) in [6.07, 6.45) is -1.20. The highest BCUT2D eigenvalue weighted by Crippen LogP contribution is 2.41. The van der Waals surface area contributed by atoms with Crippen LogP contribution in [0.1, 0.15) is 18.1 Å². The van der Waals surface area contributed by atoms with Crippen LogP contribution in [-0.2, 0) is 0 Å². The van der Waals surface area contributed by atoms with Gasteiger partial charge in [-0.2, -0.15) is 0 Å². The third-order valence-electron chi connectivity index (χ3n) is 7.47. The molecule has 0 saturated heterocycles. The van der Waals surface area contributed by atoms with Crippen LogP contribution in [0.5, 0.6) is 0 Å². The van der Waals surface area contributed by atoms with Crippen LogP contribution in [0.4, 0.5) is 0 Å². The molecule has 0 spiro atoms. The molecular weight excluding hydrogens is 373 g/mol. The van der Waals surface area contributed by atoms with E-state index in [1.54, 1.807) is 0 Å². The summed E-state index contributed by atoms with van der Waals surface area (Å²) >= 11 is 0. The third kappa shape index (κ3) is 2.97. The molecule has 1 nitrogen and oxygen atoms in total. The first-order chi connectivity index (χ1) is 14.9. The number of benzene rings is 4. The number of nitrogens with zero attached hydrogens (tertiary/aromatic N) is 1. The molecule has 0 N–H and O–H groups in total. The minimum atomic E-state index is -1.20. The molecule has 31 heavy (non-hydrogen) atoms. The highest BCUT2D eigenvalue weighted by molar-refractivity contribution is 7.10. The van der Waals surface area contributed by atoms with Crippen molar-refractivity contribution >= 4 is 33.5 Å². The second kappa shape index (κ2) is 7.25.